The minimum atomic E-state index is -0.478. The first-order valence-corrected chi connectivity index (χ1v) is 6.05. The van der Waals surface area contributed by atoms with Crippen molar-refractivity contribution < 1.29 is 14.3 Å². The van der Waals surface area contributed by atoms with Crippen molar-refractivity contribution in [3.05, 3.63) is 27.7 Å². The molecule has 0 saturated heterocycles. The van der Waals surface area contributed by atoms with Gasteiger partial charge in [0.25, 0.3) is 0 Å². The molecule has 0 aliphatic rings. The van der Waals surface area contributed by atoms with E-state index in [0.29, 0.717) is 28.0 Å². The first kappa shape index (κ1) is 14.1. The molecule has 0 atom stereocenters. The summed E-state index contributed by atoms with van der Waals surface area (Å²) in [6.07, 6.45) is 1.95. The number of carbonyl (C=O) groups excluding carboxylic acids is 1. The SMILES string of the molecule is CCCCOc1c(Cl)cc(C(=O)OC)cc1Cl. The molecule has 94 valence electrons. The molecule has 0 aliphatic heterocycles. The van der Waals surface area contributed by atoms with Gasteiger partial charge in [0.05, 0.1) is 29.3 Å². The quantitative estimate of drug-likeness (QED) is 0.603. The Morgan fingerprint density at radius 2 is 1.88 bits per heavy atom. The van der Waals surface area contributed by atoms with Gasteiger partial charge in [0.2, 0.25) is 0 Å². The van der Waals surface area contributed by atoms with Crippen LogP contribution in [0.2, 0.25) is 10.0 Å². The predicted molar refractivity (Wildman–Crippen MR) is 68.2 cm³/mol. The van der Waals surface area contributed by atoms with Crippen molar-refractivity contribution in [1.82, 2.24) is 0 Å². The maximum Gasteiger partial charge on any atom is 0.337 e. The van der Waals surface area contributed by atoms with E-state index in [9.17, 15) is 4.79 Å². The van der Waals surface area contributed by atoms with Crippen molar-refractivity contribution in [2.24, 2.45) is 0 Å². The lowest BCUT2D eigenvalue weighted by atomic mass is 10.2. The summed E-state index contributed by atoms with van der Waals surface area (Å²) in [5.41, 5.74) is 0.311. The van der Waals surface area contributed by atoms with Gasteiger partial charge in [-0.05, 0) is 18.6 Å². The third-order valence-electron chi connectivity index (χ3n) is 2.16. The maximum atomic E-state index is 11.3. The van der Waals surface area contributed by atoms with Crippen LogP contribution in [-0.2, 0) is 4.74 Å². The van der Waals surface area contributed by atoms with Gasteiger partial charge in [0.15, 0.2) is 5.75 Å². The Morgan fingerprint density at radius 3 is 2.35 bits per heavy atom. The van der Waals surface area contributed by atoms with E-state index < -0.39 is 5.97 Å². The number of rotatable bonds is 5. The van der Waals surface area contributed by atoms with Crippen LogP contribution >= 0.6 is 23.2 Å². The Labute approximate surface area is 111 Å². The Kier molecular flexibility index (Phi) is 5.59. The summed E-state index contributed by atoms with van der Waals surface area (Å²) in [6, 6.07) is 2.97. The monoisotopic (exact) mass is 276 g/mol. The summed E-state index contributed by atoms with van der Waals surface area (Å²) < 4.78 is 10.0. The minimum absolute atomic E-state index is 0.311. The van der Waals surface area contributed by atoms with Crippen molar-refractivity contribution in [1.29, 1.82) is 0 Å². The molecule has 0 spiro atoms. The molecule has 0 aliphatic carbocycles. The first-order valence-electron chi connectivity index (χ1n) is 5.30. The molecule has 0 bridgehead atoms. The van der Waals surface area contributed by atoms with Crippen LogP contribution in [0.1, 0.15) is 30.1 Å². The third kappa shape index (κ3) is 3.79. The summed E-state index contributed by atoms with van der Waals surface area (Å²) in [5, 5.41) is 0.628. The van der Waals surface area contributed by atoms with Gasteiger partial charge in [-0.3, -0.25) is 0 Å². The lowest BCUT2D eigenvalue weighted by molar-refractivity contribution is 0.0600. The Balaban J connectivity index is 2.90. The molecule has 5 heteroatoms. The first-order chi connectivity index (χ1) is 8.10. The number of unbranched alkanes of at least 4 members (excludes halogenated alkanes) is 1. The average Bonchev–Trinajstić information content (AvgIpc) is 2.31. The fourth-order valence-electron chi connectivity index (χ4n) is 1.25. The second kappa shape index (κ2) is 6.72. The maximum absolute atomic E-state index is 11.3. The zero-order valence-corrected chi connectivity index (χ0v) is 11.3. The van der Waals surface area contributed by atoms with Crippen LogP contribution in [0.4, 0.5) is 0 Å². The largest absolute Gasteiger partial charge is 0.490 e. The van der Waals surface area contributed by atoms with Crippen molar-refractivity contribution in [2.45, 2.75) is 19.8 Å². The lowest BCUT2D eigenvalue weighted by Gasteiger charge is -2.10. The van der Waals surface area contributed by atoms with E-state index in [1.54, 1.807) is 0 Å². The van der Waals surface area contributed by atoms with Gasteiger partial charge in [-0.25, -0.2) is 4.79 Å². The van der Waals surface area contributed by atoms with Crippen LogP contribution in [0.5, 0.6) is 5.75 Å². The van der Waals surface area contributed by atoms with Crippen LogP contribution in [0.25, 0.3) is 0 Å². The second-order valence-electron chi connectivity index (χ2n) is 3.46. The van der Waals surface area contributed by atoms with E-state index in [-0.39, 0.29) is 0 Å². The van der Waals surface area contributed by atoms with E-state index in [0.717, 1.165) is 12.8 Å². The molecule has 0 heterocycles. The number of esters is 1. The van der Waals surface area contributed by atoms with Crippen molar-refractivity contribution in [3.8, 4) is 5.75 Å². The highest BCUT2D eigenvalue weighted by Crippen LogP contribution is 2.34. The third-order valence-corrected chi connectivity index (χ3v) is 2.73. The van der Waals surface area contributed by atoms with E-state index in [1.165, 1.54) is 19.2 Å². The highest BCUT2D eigenvalue weighted by atomic mass is 35.5. The van der Waals surface area contributed by atoms with E-state index in [4.69, 9.17) is 27.9 Å². The Hall–Kier alpha value is -0.930. The van der Waals surface area contributed by atoms with Crippen LogP contribution in [0, 0.1) is 0 Å². The molecule has 0 aromatic heterocycles. The van der Waals surface area contributed by atoms with Gasteiger partial charge in [-0.2, -0.15) is 0 Å². The highest BCUT2D eigenvalue weighted by molar-refractivity contribution is 6.37. The number of ether oxygens (including phenoxy) is 2. The van der Waals surface area contributed by atoms with Gasteiger partial charge in [-0.15, -0.1) is 0 Å². The summed E-state index contributed by atoms with van der Waals surface area (Å²) in [6.45, 7) is 2.61. The van der Waals surface area contributed by atoms with Crippen LogP contribution in [0.3, 0.4) is 0 Å². The normalized spacial score (nSPS) is 10.1. The zero-order valence-electron chi connectivity index (χ0n) is 9.76. The zero-order chi connectivity index (χ0) is 12.8. The Bertz CT molecular complexity index is 382. The van der Waals surface area contributed by atoms with Crippen LogP contribution in [0.15, 0.2) is 12.1 Å². The molecule has 0 amide bonds. The van der Waals surface area contributed by atoms with Gasteiger partial charge in [0.1, 0.15) is 0 Å². The highest BCUT2D eigenvalue weighted by Gasteiger charge is 2.14. The molecular formula is C12H14Cl2O3. The Morgan fingerprint density at radius 1 is 1.29 bits per heavy atom. The number of benzene rings is 1. The molecule has 1 rings (SSSR count). The van der Waals surface area contributed by atoms with Crippen LogP contribution < -0.4 is 4.74 Å². The molecule has 1 aromatic rings. The lowest BCUT2D eigenvalue weighted by Crippen LogP contribution is -2.03. The molecule has 0 N–H and O–H groups in total. The number of carbonyl (C=O) groups is 1. The molecular weight excluding hydrogens is 263 g/mol. The molecule has 0 saturated carbocycles. The summed E-state index contributed by atoms with van der Waals surface area (Å²) in [5.74, 6) is -0.0663. The van der Waals surface area contributed by atoms with Crippen molar-refractivity contribution >= 4 is 29.2 Å². The van der Waals surface area contributed by atoms with Gasteiger partial charge < -0.3 is 9.47 Å². The summed E-state index contributed by atoms with van der Waals surface area (Å²) in [4.78, 5) is 11.3. The second-order valence-corrected chi connectivity index (χ2v) is 4.28. The van der Waals surface area contributed by atoms with E-state index in [1.807, 2.05) is 0 Å². The molecule has 17 heavy (non-hydrogen) atoms. The smallest absolute Gasteiger partial charge is 0.337 e. The number of hydrogen-bond acceptors (Lipinski definition) is 3. The topological polar surface area (TPSA) is 35.5 Å². The minimum Gasteiger partial charge on any atom is -0.490 e. The molecule has 3 nitrogen and oxygen atoms in total. The fourth-order valence-corrected chi connectivity index (χ4v) is 1.85. The molecule has 0 unspecified atom stereocenters. The van der Waals surface area contributed by atoms with Crippen molar-refractivity contribution in [2.75, 3.05) is 13.7 Å². The average molecular weight is 277 g/mol. The van der Waals surface area contributed by atoms with Gasteiger partial charge in [0, 0.05) is 0 Å². The summed E-state index contributed by atoms with van der Waals surface area (Å²) >= 11 is 12.0. The number of methoxy groups -OCH3 is 1. The molecule has 0 fully saturated rings. The fraction of sp³-hybridized carbons (Fsp3) is 0.417. The van der Waals surface area contributed by atoms with E-state index >= 15 is 0 Å². The van der Waals surface area contributed by atoms with Gasteiger partial charge >= 0.3 is 5.97 Å². The summed E-state index contributed by atoms with van der Waals surface area (Å²) in [7, 11) is 1.30. The van der Waals surface area contributed by atoms with Crippen molar-refractivity contribution in [3.63, 3.8) is 0 Å². The number of halogens is 2. The molecule has 0 radical (unpaired) electrons. The predicted octanol–water partition coefficient (Wildman–Crippen LogP) is 3.96. The number of hydrogen-bond donors (Lipinski definition) is 0. The standard InChI is InChI=1S/C12H14Cl2O3/c1-3-4-5-17-11-9(13)6-8(7-10(11)14)12(15)16-2/h6-7H,3-5H2,1-2H3. The molecule has 1 aromatic carbocycles. The van der Waals surface area contributed by atoms with Gasteiger partial charge in [-0.1, -0.05) is 36.5 Å². The van der Waals surface area contributed by atoms with E-state index in [2.05, 4.69) is 11.7 Å². The van der Waals surface area contributed by atoms with Crippen LogP contribution in [-0.4, -0.2) is 19.7 Å².